The lowest BCUT2D eigenvalue weighted by Crippen LogP contribution is -2.44. The fourth-order valence-corrected chi connectivity index (χ4v) is 4.79. The molecule has 15 heteroatoms. The molecule has 10 nitrogen and oxygen atoms in total. The van der Waals surface area contributed by atoms with Crippen LogP contribution in [0.4, 0.5) is 30.2 Å². The number of non-ortho nitro benzene ring substituents is 2. The molecule has 0 saturated heterocycles. The Bertz CT molecular complexity index is 1510. The van der Waals surface area contributed by atoms with Crippen LogP contribution in [-0.2, 0) is 0 Å². The quantitative estimate of drug-likeness (QED) is 0.114. The van der Waals surface area contributed by atoms with E-state index in [-0.39, 0.29) is 33.0 Å². The smallest absolute Gasteiger partial charge is 0.272 e. The van der Waals surface area contributed by atoms with Gasteiger partial charge in [-0.2, -0.15) is 0 Å². The van der Waals surface area contributed by atoms with E-state index in [4.69, 9.17) is 19.7 Å². The minimum absolute atomic E-state index is 0.0544. The van der Waals surface area contributed by atoms with Gasteiger partial charge in [0.2, 0.25) is 0 Å². The lowest BCUT2D eigenvalue weighted by Gasteiger charge is -2.36. The number of anilines is 1. The normalized spacial score (nSPS) is 11.8. The Labute approximate surface area is 263 Å². The highest BCUT2D eigenvalue weighted by atomic mass is 28.4. The third-order valence-corrected chi connectivity index (χ3v) is 16.3. The van der Waals surface area contributed by atoms with E-state index in [0.717, 1.165) is 18.2 Å². The number of nitro groups is 2. The maximum atomic E-state index is 13.7. The largest absolute Gasteiger partial charge is 0.542 e. The average molecular weight is 670 g/mol. The molecule has 0 bridgehead atoms. The van der Waals surface area contributed by atoms with Crippen molar-refractivity contribution in [1.29, 1.82) is 0 Å². The van der Waals surface area contributed by atoms with Gasteiger partial charge in [0.25, 0.3) is 28.0 Å². The first-order valence-electron chi connectivity index (χ1n) is 13.8. The summed E-state index contributed by atoms with van der Waals surface area (Å²) in [4.78, 5) is 19.2. The lowest BCUT2D eigenvalue weighted by atomic mass is 10.2. The Kier molecular flexibility index (Phi) is 12.8. The number of nitrogens with two attached hydrogens (primary N) is 1. The van der Waals surface area contributed by atoms with Crippen LogP contribution in [0.5, 0.6) is 17.2 Å². The van der Waals surface area contributed by atoms with E-state index in [0.29, 0.717) is 17.5 Å². The van der Waals surface area contributed by atoms with Gasteiger partial charge in [-0.25, -0.2) is 13.2 Å². The zero-order valence-corrected chi connectivity index (χ0v) is 29.2. The Balaban J connectivity index is 0.000000347. The zero-order chi connectivity index (χ0) is 35.1. The van der Waals surface area contributed by atoms with Gasteiger partial charge in [-0.15, -0.1) is 0 Å². The molecule has 0 aliphatic rings. The highest BCUT2D eigenvalue weighted by Gasteiger charge is 2.40. The van der Waals surface area contributed by atoms with E-state index >= 15 is 0 Å². The summed E-state index contributed by atoms with van der Waals surface area (Å²) in [5.74, 6) is -2.25. The predicted octanol–water partition coefficient (Wildman–Crippen LogP) is 9.35. The van der Waals surface area contributed by atoms with Gasteiger partial charge in [0.05, 0.1) is 22.0 Å². The standard InChI is InChI=1S/C12H18FNO3Si.C12H20FNOSi.C6H4FNO3/c1-12(2,3)18(4,5)17-11-7-6-9(14(15)16)8-10(11)13;1-12(2,3)16(4,5)15-11-7-6-9(14)8-10(11)13;7-5-3-4(8(10)11)1-2-6(5)9/h6-8H,1-5H3;6-8H,14H2,1-5H3;1-3,9H. The summed E-state index contributed by atoms with van der Waals surface area (Å²) < 4.78 is 51.3. The number of nitrogen functional groups attached to an aromatic ring is 1. The fraction of sp³-hybridized carbons (Fsp3) is 0.400. The number of halogens is 3. The van der Waals surface area contributed by atoms with E-state index < -0.39 is 43.9 Å². The highest BCUT2D eigenvalue weighted by molar-refractivity contribution is 6.75. The molecular weight excluding hydrogens is 628 g/mol. The van der Waals surface area contributed by atoms with Crippen molar-refractivity contribution in [2.24, 2.45) is 0 Å². The maximum absolute atomic E-state index is 13.7. The average Bonchev–Trinajstić information content (AvgIpc) is 2.87. The van der Waals surface area contributed by atoms with Crippen LogP contribution in [0.25, 0.3) is 0 Å². The second-order valence-corrected chi connectivity index (χ2v) is 22.6. The van der Waals surface area contributed by atoms with Gasteiger partial charge in [0.15, 0.2) is 23.2 Å². The Morgan fingerprint density at radius 1 is 0.667 bits per heavy atom. The minimum atomic E-state index is -2.13. The van der Waals surface area contributed by atoms with E-state index in [1.807, 2.05) is 33.9 Å². The number of aromatic hydroxyl groups is 1. The number of benzene rings is 3. The molecule has 248 valence electrons. The zero-order valence-electron chi connectivity index (χ0n) is 27.2. The van der Waals surface area contributed by atoms with Gasteiger partial charge in [0.1, 0.15) is 11.5 Å². The maximum Gasteiger partial charge on any atom is 0.272 e. The van der Waals surface area contributed by atoms with Crippen LogP contribution in [0.1, 0.15) is 41.5 Å². The van der Waals surface area contributed by atoms with Crippen molar-refractivity contribution in [1.82, 2.24) is 0 Å². The Hall–Kier alpha value is -4.12. The van der Waals surface area contributed by atoms with Crippen LogP contribution in [0.2, 0.25) is 36.3 Å². The summed E-state index contributed by atoms with van der Waals surface area (Å²) in [6.07, 6.45) is 0. The van der Waals surface area contributed by atoms with Gasteiger partial charge in [-0.05, 0) is 60.5 Å². The monoisotopic (exact) mass is 669 g/mol. The molecular formula is C30H42F3N3O7Si2. The molecule has 0 spiro atoms. The number of phenols is 1. The summed E-state index contributed by atoms with van der Waals surface area (Å²) in [6, 6.07) is 10.7. The van der Waals surface area contributed by atoms with Crippen LogP contribution in [0.3, 0.4) is 0 Å². The van der Waals surface area contributed by atoms with E-state index in [9.17, 15) is 33.4 Å². The Morgan fingerprint density at radius 2 is 1.02 bits per heavy atom. The minimum Gasteiger partial charge on any atom is -0.542 e. The van der Waals surface area contributed by atoms with Gasteiger partial charge in [0, 0.05) is 23.9 Å². The highest BCUT2D eigenvalue weighted by Crippen LogP contribution is 2.39. The number of hydrogen-bond acceptors (Lipinski definition) is 8. The van der Waals surface area contributed by atoms with Gasteiger partial charge < -0.3 is 19.7 Å². The summed E-state index contributed by atoms with van der Waals surface area (Å²) in [5.41, 5.74) is 5.27. The first-order chi connectivity index (χ1) is 20.3. The molecule has 0 aromatic heterocycles. The van der Waals surface area contributed by atoms with Crippen LogP contribution in [-0.4, -0.2) is 31.6 Å². The second kappa shape index (κ2) is 14.8. The third kappa shape index (κ3) is 11.4. The molecule has 0 radical (unpaired) electrons. The molecule has 3 aromatic carbocycles. The number of phenolic OH excluding ortho intramolecular Hbond substituents is 1. The molecule has 0 saturated carbocycles. The summed E-state index contributed by atoms with van der Waals surface area (Å²) in [5, 5.41) is 29.2. The van der Waals surface area contributed by atoms with Crippen molar-refractivity contribution in [2.75, 3.05) is 5.73 Å². The molecule has 3 aromatic rings. The van der Waals surface area contributed by atoms with Gasteiger partial charge >= 0.3 is 0 Å². The van der Waals surface area contributed by atoms with Gasteiger partial charge in [-0.1, -0.05) is 41.5 Å². The molecule has 0 atom stereocenters. The molecule has 0 fully saturated rings. The van der Waals surface area contributed by atoms with Crippen LogP contribution in [0, 0.1) is 37.7 Å². The molecule has 3 rings (SSSR count). The van der Waals surface area contributed by atoms with E-state index in [2.05, 4.69) is 33.9 Å². The second-order valence-electron chi connectivity index (χ2n) is 13.2. The molecule has 3 N–H and O–H groups in total. The number of rotatable bonds is 6. The van der Waals surface area contributed by atoms with Crippen LogP contribution < -0.4 is 14.6 Å². The van der Waals surface area contributed by atoms with Crippen LogP contribution in [0.15, 0.2) is 54.6 Å². The molecule has 0 unspecified atom stereocenters. The van der Waals surface area contributed by atoms with Crippen molar-refractivity contribution >= 4 is 33.7 Å². The van der Waals surface area contributed by atoms with Crippen LogP contribution >= 0.6 is 0 Å². The van der Waals surface area contributed by atoms with Crippen molar-refractivity contribution in [2.45, 2.75) is 77.8 Å². The Morgan fingerprint density at radius 3 is 1.36 bits per heavy atom. The van der Waals surface area contributed by atoms with Crippen molar-refractivity contribution in [3.05, 3.63) is 92.3 Å². The summed E-state index contributed by atoms with van der Waals surface area (Å²) >= 11 is 0. The van der Waals surface area contributed by atoms with Crippen molar-refractivity contribution < 1.29 is 37.0 Å². The first-order valence-corrected chi connectivity index (χ1v) is 19.6. The van der Waals surface area contributed by atoms with Crippen molar-refractivity contribution in [3.8, 4) is 17.2 Å². The molecule has 0 aliphatic carbocycles. The topological polar surface area (TPSA) is 151 Å². The van der Waals surface area contributed by atoms with Gasteiger partial charge in [-0.3, -0.25) is 20.2 Å². The number of hydrogen-bond donors (Lipinski definition) is 2. The lowest BCUT2D eigenvalue weighted by molar-refractivity contribution is -0.385. The molecule has 0 amide bonds. The van der Waals surface area contributed by atoms with E-state index in [1.165, 1.54) is 18.2 Å². The van der Waals surface area contributed by atoms with E-state index in [1.54, 1.807) is 12.1 Å². The summed E-state index contributed by atoms with van der Waals surface area (Å²) in [6.45, 7) is 20.7. The molecule has 45 heavy (non-hydrogen) atoms. The number of nitro benzene ring substituents is 2. The van der Waals surface area contributed by atoms with Crippen molar-refractivity contribution in [3.63, 3.8) is 0 Å². The predicted molar refractivity (Wildman–Crippen MR) is 174 cm³/mol. The first kappa shape index (κ1) is 38.9. The third-order valence-electron chi connectivity index (χ3n) is 7.57. The molecule has 0 heterocycles. The molecule has 0 aliphatic heterocycles. The number of nitrogens with zero attached hydrogens (tertiary/aromatic N) is 2. The SMILES string of the molecule is CC(C)(C)[Si](C)(C)Oc1ccc(N)cc1F.CC(C)(C)[Si](C)(C)Oc1ccc([N+](=O)[O-])cc1F.O=[N+]([O-])c1ccc(O)c(F)c1. The fourth-order valence-electron chi connectivity index (χ4n) is 2.75. The summed E-state index contributed by atoms with van der Waals surface area (Å²) in [7, 11) is -4.11.